The molecule has 3 rings (SSSR count). The minimum Gasteiger partial charge on any atom is -0.381 e. The Morgan fingerprint density at radius 1 is 1.44 bits per heavy atom. The highest BCUT2D eigenvalue weighted by molar-refractivity contribution is 5.85. The molecule has 1 saturated carbocycles. The fraction of sp³-hybridized carbons (Fsp3) is 0.833. The summed E-state index contributed by atoms with van der Waals surface area (Å²) < 4.78 is 7.69. The summed E-state index contributed by atoms with van der Waals surface area (Å²) in [5, 5.41) is 12.0. The smallest absolute Gasteiger partial charge is 0.100 e. The molecule has 18 heavy (non-hydrogen) atoms. The monoisotopic (exact) mass is 272 g/mol. The van der Waals surface area contributed by atoms with Gasteiger partial charge in [0.05, 0.1) is 12.3 Å². The van der Waals surface area contributed by atoms with Crippen LogP contribution in [0.25, 0.3) is 0 Å². The summed E-state index contributed by atoms with van der Waals surface area (Å²) in [6.07, 6.45) is 2.70. The number of rotatable bonds is 5. The molecule has 1 aromatic heterocycles. The molecular weight excluding hydrogens is 252 g/mol. The number of hydrogen-bond donors (Lipinski definition) is 1. The van der Waals surface area contributed by atoms with Crippen LogP contribution in [0, 0.1) is 5.92 Å². The van der Waals surface area contributed by atoms with Crippen molar-refractivity contribution in [2.24, 2.45) is 5.92 Å². The SMILES string of the molecule is CCOCC1CNCc2nnn(CC3CC3)c21.Cl. The van der Waals surface area contributed by atoms with E-state index in [9.17, 15) is 0 Å². The number of halogens is 1. The van der Waals surface area contributed by atoms with Gasteiger partial charge in [0.15, 0.2) is 0 Å². The van der Waals surface area contributed by atoms with Crippen LogP contribution in [0.15, 0.2) is 0 Å². The van der Waals surface area contributed by atoms with Gasteiger partial charge in [-0.1, -0.05) is 5.21 Å². The molecule has 0 amide bonds. The van der Waals surface area contributed by atoms with Crippen LogP contribution in [0.5, 0.6) is 0 Å². The van der Waals surface area contributed by atoms with E-state index in [2.05, 4.69) is 20.3 Å². The zero-order valence-corrected chi connectivity index (χ0v) is 11.6. The van der Waals surface area contributed by atoms with E-state index >= 15 is 0 Å². The Balaban J connectivity index is 0.00000120. The summed E-state index contributed by atoms with van der Waals surface area (Å²) >= 11 is 0. The largest absolute Gasteiger partial charge is 0.381 e. The van der Waals surface area contributed by atoms with E-state index in [-0.39, 0.29) is 12.4 Å². The first kappa shape index (κ1) is 13.8. The van der Waals surface area contributed by atoms with Crippen molar-refractivity contribution in [2.75, 3.05) is 19.8 Å². The van der Waals surface area contributed by atoms with Crippen molar-refractivity contribution in [1.29, 1.82) is 0 Å². The second kappa shape index (κ2) is 5.99. The molecule has 1 N–H and O–H groups in total. The van der Waals surface area contributed by atoms with E-state index in [1.54, 1.807) is 0 Å². The molecular formula is C12H21ClN4O. The molecule has 1 fully saturated rings. The summed E-state index contributed by atoms with van der Waals surface area (Å²) in [6.45, 7) is 6.46. The number of ether oxygens (including phenoxy) is 1. The van der Waals surface area contributed by atoms with Gasteiger partial charge in [0.1, 0.15) is 5.69 Å². The normalized spacial score (nSPS) is 22.4. The van der Waals surface area contributed by atoms with Crippen molar-refractivity contribution < 1.29 is 4.74 Å². The van der Waals surface area contributed by atoms with Crippen molar-refractivity contribution >= 4 is 12.4 Å². The fourth-order valence-electron chi connectivity index (χ4n) is 2.47. The quantitative estimate of drug-likeness (QED) is 0.879. The first-order valence-corrected chi connectivity index (χ1v) is 6.59. The van der Waals surface area contributed by atoms with Crippen LogP contribution in [0.1, 0.15) is 37.1 Å². The third-order valence-electron chi connectivity index (χ3n) is 3.57. The van der Waals surface area contributed by atoms with Crippen LogP contribution in [0.3, 0.4) is 0 Å². The molecule has 0 spiro atoms. The van der Waals surface area contributed by atoms with Gasteiger partial charge in [-0.25, -0.2) is 4.68 Å². The molecule has 0 bridgehead atoms. The molecule has 1 aliphatic carbocycles. The van der Waals surface area contributed by atoms with Crippen LogP contribution in [-0.4, -0.2) is 34.8 Å². The molecule has 102 valence electrons. The van der Waals surface area contributed by atoms with Gasteiger partial charge in [-0.15, -0.1) is 17.5 Å². The second-order valence-corrected chi connectivity index (χ2v) is 5.03. The van der Waals surface area contributed by atoms with E-state index < -0.39 is 0 Å². The van der Waals surface area contributed by atoms with E-state index in [0.29, 0.717) is 5.92 Å². The molecule has 1 aliphatic heterocycles. The molecule has 0 aromatic carbocycles. The van der Waals surface area contributed by atoms with Crippen molar-refractivity contribution in [1.82, 2.24) is 20.3 Å². The molecule has 0 radical (unpaired) electrons. The Bertz CT molecular complexity index is 391. The van der Waals surface area contributed by atoms with Crippen LogP contribution in [0.2, 0.25) is 0 Å². The van der Waals surface area contributed by atoms with Crippen LogP contribution in [-0.2, 0) is 17.8 Å². The minimum absolute atomic E-state index is 0. The zero-order chi connectivity index (χ0) is 11.7. The summed E-state index contributed by atoms with van der Waals surface area (Å²) in [5.41, 5.74) is 2.42. The average Bonchev–Trinajstić information content (AvgIpc) is 3.07. The Morgan fingerprint density at radius 2 is 2.28 bits per heavy atom. The number of aromatic nitrogens is 3. The lowest BCUT2D eigenvalue weighted by Crippen LogP contribution is -2.32. The molecule has 2 aliphatic rings. The Hall–Kier alpha value is -0.650. The van der Waals surface area contributed by atoms with Crippen LogP contribution in [0.4, 0.5) is 0 Å². The fourth-order valence-corrected chi connectivity index (χ4v) is 2.47. The van der Waals surface area contributed by atoms with Gasteiger partial charge >= 0.3 is 0 Å². The molecule has 1 atom stereocenters. The van der Waals surface area contributed by atoms with Crippen molar-refractivity contribution in [3.05, 3.63) is 11.4 Å². The standard InChI is InChI=1S/C12H20N4O.ClH/c1-2-17-8-10-5-13-6-11-12(10)16(15-14-11)7-9-3-4-9;/h9-10,13H,2-8H2,1H3;1H. The van der Waals surface area contributed by atoms with E-state index in [1.165, 1.54) is 18.5 Å². The first-order chi connectivity index (χ1) is 8.38. The lowest BCUT2D eigenvalue weighted by molar-refractivity contribution is 0.126. The van der Waals surface area contributed by atoms with Gasteiger partial charge in [0, 0.05) is 32.2 Å². The molecule has 5 nitrogen and oxygen atoms in total. The molecule has 2 heterocycles. The second-order valence-electron chi connectivity index (χ2n) is 5.03. The highest BCUT2D eigenvalue weighted by Gasteiger charge is 2.29. The lowest BCUT2D eigenvalue weighted by Gasteiger charge is -2.23. The van der Waals surface area contributed by atoms with Gasteiger partial charge in [-0.3, -0.25) is 0 Å². The van der Waals surface area contributed by atoms with Crippen LogP contribution >= 0.6 is 12.4 Å². The maximum atomic E-state index is 5.57. The summed E-state index contributed by atoms with van der Waals surface area (Å²) in [4.78, 5) is 0. The Kier molecular flexibility index (Phi) is 4.59. The maximum Gasteiger partial charge on any atom is 0.100 e. The molecule has 6 heteroatoms. The number of nitrogens with zero attached hydrogens (tertiary/aromatic N) is 3. The Labute approximate surface area is 114 Å². The molecule has 1 aromatic rings. The van der Waals surface area contributed by atoms with Crippen molar-refractivity contribution in [3.8, 4) is 0 Å². The van der Waals surface area contributed by atoms with E-state index in [4.69, 9.17) is 4.74 Å². The van der Waals surface area contributed by atoms with Gasteiger partial charge in [-0.2, -0.15) is 0 Å². The maximum absolute atomic E-state index is 5.57. The van der Waals surface area contributed by atoms with Gasteiger partial charge in [-0.05, 0) is 25.7 Å². The highest BCUT2D eigenvalue weighted by atomic mass is 35.5. The van der Waals surface area contributed by atoms with Crippen LogP contribution < -0.4 is 5.32 Å². The van der Waals surface area contributed by atoms with E-state index in [0.717, 1.165) is 44.5 Å². The highest BCUT2D eigenvalue weighted by Crippen LogP contribution is 2.32. The first-order valence-electron chi connectivity index (χ1n) is 6.59. The summed E-state index contributed by atoms with van der Waals surface area (Å²) in [5.74, 6) is 1.25. The third kappa shape index (κ3) is 2.84. The lowest BCUT2D eigenvalue weighted by atomic mass is 10.0. The minimum atomic E-state index is 0. The Morgan fingerprint density at radius 3 is 3.00 bits per heavy atom. The third-order valence-corrected chi connectivity index (χ3v) is 3.57. The van der Waals surface area contributed by atoms with Gasteiger partial charge in [0.2, 0.25) is 0 Å². The van der Waals surface area contributed by atoms with Crippen molar-refractivity contribution in [3.63, 3.8) is 0 Å². The average molecular weight is 273 g/mol. The number of nitrogens with one attached hydrogen (secondary N) is 1. The summed E-state index contributed by atoms with van der Waals surface area (Å²) in [6, 6.07) is 0. The van der Waals surface area contributed by atoms with E-state index in [1.807, 2.05) is 6.92 Å². The predicted octanol–water partition coefficient (Wildman–Crippen LogP) is 1.33. The number of fused-ring (bicyclic) bond motifs is 1. The van der Waals surface area contributed by atoms with Gasteiger partial charge < -0.3 is 10.1 Å². The number of hydrogen-bond acceptors (Lipinski definition) is 4. The predicted molar refractivity (Wildman–Crippen MR) is 70.9 cm³/mol. The zero-order valence-electron chi connectivity index (χ0n) is 10.8. The summed E-state index contributed by atoms with van der Waals surface area (Å²) in [7, 11) is 0. The van der Waals surface area contributed by atoms with Crippen molar-refractivity contribution in [2.45, 2.75) is 38.8 Å². The van der Waals surface area contributed by atoms with Gasteiger partial charge in [0.25, 0.3) is 0 Å². The molecule has 0 saturated heterocycles. The molecule has 1 unspecified atom stereocenters. The topological polar surface area (TPSA) is 52.0 Å².